The highest BCUT2D eigenvalue weighted by atomic mass is 16.7. The van der Waals surface area contributed by atoms with Crippen molar-refractivity contribution in [3.63, 3.8) is 0 Å². The topological polar surface area (TPSA) is 21.7 Å². The van der Waals surface area contributed by atoms with Gasteiger partial charge >= 0.3 is 0 Å². The standard InChI is InChI=1S/C16H27NO2/c1-5-17(16-9-7-6-8-10-16)11-12-18-15(4)19-13-14(2)3/h6-10,14-15H,5,11-13H2,1-4H3. The van der Waals surface area contributed by atoms with Gasteiger partial charge in [0, 0.05) is 18.8 Å². The van der Waals surface area contributed by atoms with E-state index in [1.165, 1.54) is 5.69 Å². The molecule has 0 fully saturated rings. The molecule has 0 spiro atoms. The minimum Gasteiger partial charge on any atom is -0.369 e. The van der Waals surface area contributed by atoms with E-state index >= 15 is 0 Å². The van der Waals surface area contributed by atoms with Crippen molar-refractivity contribution in [1.82, 2.24) is 0 Å². The number of nitrogens with zero attached hydrogens (tertiary/aromatic N) is 1. The number of hydrogen-bond acceptors (Lipinski definition) is 3. The monoisotopic (exact) mass is 265 g/mol. The summed E-state index contributed by atoms with van der Waals surface area (Å²) in [6, 6.07) is 10.4. The molecule has 1 aromatic carbocycles. The van der Waals surface area contributed by atoms with Crippen LogP contribution in [-0.2, 0) is 9.47 Å². The average molecular weight is 265 g/mol. The Balaban J connectivity index is 2.27. The first kappa shape index (κ1) is 16.0. The highest BCUT2D eigenvalue weighted by molar-refractivity contribution is 5.45. The molecule has 1 rings (SSSR count). The number of ether oxygens (including phenoxy) is 2. The maximum atomic E-state index is 5.68. The van der Waals surface area contributed by atoms with Gasteiger partial charge in [-0.1, -0.05) is 32.0 Å². The summed E-state index contributed by atoms with van der Waals surface area (Å²) in [6.07, 6.45) is -0.128. The molecule has 3 nitrogen and oxygen atoms in total. The van der Waals surface area contributed by atoms with Crippen LogP contribution in [0.15, 0.2) is 30.3 Å². The second-order valence-corrected chi connectivity index (χ2v) is 5.08. The summed E-state index contributed by atoms with van der Waals surface area (Å²) in [5.41, 5.74) is 1.24. The Morgan fingerprint density at radius 1 is 1.05 bits per heavy atom. The molecular formula is C16H27NO2. The van der Waals surface area contributed by atoms with Gasteiger partial charge in [0.1, 0.15) is 0 Å². The first-order chi connectivity index (χ1) is 9.13. The maximum absolute atomic E-state index is 5.68. The van der Waals surface area contributed by atoms with Crippen molar-refractivity contribution in [1.29, 1.82) is 0 Å². The van der Waals surface area contributed by atoms with Crippen LogP contribution in [0, 0.1) is 5.92 Å². The fourth-order valence-corrected chi connectivity index (χ4v) is 1.81. The van der Waals surface area contributed by atoms with Gasteiger partial charge in [0.25, 0.3) is 0 Å². The lowest BCUT2D eigenvalue weighted by Gasteiger charge is -2.24. The predicted molar refractivity (Wildman–Crippen MR) is 80.5 cm³/mol. The summed E-state index contributed by atoms with van der Waals surface area (Å²) in [5.74, 6) is 0.544. The Morgan fingerprint density at radius 3 is 2.32 bits per heavy atom. The van der Waals surface area contributed by atoms with Crippen LogP contribution in [0.2, 0.25) is 0 Å². The molecule has 1 unspecified atom stereocenters. The van der Waals surface area contributed by atoms with E-state index in [4.69, 9.17) is 9.47 Å². The van der Waals surface area contributed by atoms with Crippen molar-refractivity contribution in [2.45, 2.75) is 34.0 Å². The van der Waals surface area contributed by atoms with Gasteiger partial charge in [0.2, 0.25) is 0 Å². The van der Waals surface area contributed by atoms with Gasteiger partial charge in [-0.3, -0.25) is 0 Å². The molecule has 0 radical (unpaired) electrons. The van der Waals surface area contributed by atoms with Crippen molar-refractivity contribution in [3.05, 3.63) is 30.3 Å². The van der Waals surface area contributed by atoms with Crippen LogP contribution in [0.3, 0.4) is 0 Å². The Labute approximate surface area is 117 Å². The summed E-state index contributed by atoms with van der Waals surface area (Å²) < 4.78 is 11.3. The summed E-state index contributed by atoms with van der Waals surface area (Å²) in [6.45, 7) is 11.7. The van der Waals surface area contributed by atoms with Crippen molar-refractivity contribution in [2.75, 3.05) is 31.2 Å². The van der Waals surface area contributed by atoms with E-state index in [9.17, 15) is 0 Å². The van der Waals surface area contributed by atoms with Crippen LogP contribution < -0.4 is 4.90 Å². The third-order valence-electron chi connectivity index (χ3n) is 2.88. The highest BCUT2D eigenvalue weighted by Gasteiger charge is 2.06. The average Bonchev–Trinajstić information content (AvgIpc) is 2.42. The normalized spacial score (nSPS) is 12.7. The molecule has 0 saturated heterocycles. The van der Waals surface area contributed by atoms with E-state index in [0.717, 1.165) is 19.7 Å². The molecule has 0 N–H and O–H groups in total. The van der Waals surface area contributed by atoms with Crippen LogP contribution in [0.4, 0.5) is 5.69 Å². The van der Waals surface area contributed by atoms with Gasteiger partial charge in [0.15, 0.2) is 6.29 Å². The predicted octanol–water partition coefficient (Wildman–Crippen LogP) is 3.55. The van der Waals surface area contributed by atoms with E-state index in [1.54, 1.807) is 0 Å². The lowest BCUT2D eigenvalue weighted by Crippen LogP contribution is -2.29. The first-order valence-electron chi connectivity index (χ1n) is 7.16. The van der Waals surface area contributed by atoms with Crippen molar-refractivity contribution < 1.29 is 9.47 Å². The van der Waals surface area contributed by atoms with Gasteiger partial charge in [0.05, 0.1) is 13.2 Å². The third-order valence-corrected chi connectivity index (χ3v) is 2.88. The molecule has 0 heterocycles. The lowest BCUT2D eigenvalue weighted by molar-refractivity contribution is -0.134. The molecule has 1 aromatic rings. The number of anilines is 1. The Bertz CT molecular complexity index is 327. The SMILES string of the molecule is CCN(CCOC(C)OCC(C)C)c1ccccc1. The van der Waals surface area contributed by atoms with E-state index < -0.39 is 0 Å². The largest absolute Gasteiger partial charge is 0.369 e. The van der Waals surface area contributed by atoms with E-state index in [-0.39, 0.29) is 6.29 Å². The number of para-hydroxylation sites is 1. The zero-order valence-corrected chi connectivity index (χ0v) is 12.6. The Kier molecular flexibility index (Phi) is 7.53. The molecule has 0 aliphatic heterocycles. The van der Waals surface area contributed by atoms with E-state index in [2.05, 4.69) is 49.9 Å². The molecular weight excluding hydrogens is 238 g/mol. The van der Waals surface area contributed by atoms with Gasteiger partial charge in [-0.2, -0.15) is 0 Å². The van der Waals surface area contributed by atoms with Crippen LogP contribution in [0.25, 0.3) is 0 Å². The third kappa shape index (κ3) is 6.60. The summed E-state index contributed by atoms with van der Waals surface area (Å²) in [5, 5.41) is 0. The number of benzene rings is 1. The lowest BCUT2D eigenvalue weighted by atomic mass is 10.2. The smallest absolute Gasteiger partial charge is 0.154 e. The molecule has 1 atom stereocenters. The molecule has 0 bridgehead atoms. The van der Waals surface area contributed by atoms with E-state index in [1.807, 2.05) is 13.0 Å². The van der Waals surface area contributed by atoms with Gasteiger partial charge in [-0.15, -0.1) is 0 Å². The van der Waals surface area contributed by atoms with Crippen molar-refractivity contribution >= 4 is 5.69 Å². The molecule has 0 aliphatic rings. The minimum atomic E-state index is -0.128. The molecule has 0 amide bonds. The summed E-state index contributed by atoms with van der Waals surface area (Å²) in [7, 11) is 0. The van der Waals surface area contributed by atoms with Crippen LogP contribution in [-0.4, -0.2) is 32.6 Å². The zero-order valence-electron chi connectivity index (χ0n) is 12.6. The molecule has 3 heteroatoms. The quantitative estimate of drug-likeness (QED) is 0.637. The number of rotatable bonds is 9. The van der Waals surface area contributed by atoms with Crippen LogP contribution in [0.1, 0.15) is 27.7 Å². The summed E-state index contributed by atoms with van der Waals surface area (Å²) >= 11 is 0. The van der Waals surface area contributed by atoms with Crippen LogP contribution >= 0.6 is 0 Å². The second kappa shape index (κ2) is 8.94. The number of hydrogen-bond donors (Lipinski definition) is 0. The maximum Gasteiger partial charge on any atom is 0.154 e. The fraction of sp³-hybridized carbons (Fsp3) is 0.625. The minimum absolute atomic E-state index is 0.128. The first-order valence-corrected chi connectivity index (χ1v) is 7.16. The molecule has 0 saturated carbocycles. The molecule has 108 valence electrons. The van der Waals surface area contributed by atoms with Gasteiger partial charge in [-0.05, 0) is 31.9 Å². The fourth-order valence-electron chi connectivity index (χ4n) is 1.81. The van der Waals surface area contributed by atoms with Crippen molar-refractivity contribution in [3.8, 4) is 0 Å². The molecule has 0 aromatic heterocycles. The Morgan fingerprint density at radius 2 is 1.74 bits per heavy atom. The van der Waals surface area contributed by atoms with Gasteiger partial charge in [-0.25, -0.2) is 0 Å². The molecule has 19 heavy (non-hydrogen) atoms. The number of likely N-dealkylation sites (N-methyl/N-ethyl adjacent to an activating group) is 1. The molecule has 0 aliphatic carbocycles. The Hall–Kier alpha value is -1.06. The zero-order chi connectivity index (χ0) is 14.1. The summed E-state index contributed by atoms with van der Waals surface area (Å²) in [4.78, 5) is 2.30. The van der Waals surface area contributed by atoms with Crippen LogP contribution in [0.5, 0.6) is 0 Å². The van der Waals surface area contributed by atoms with Gasteiger partial charge < -0.3 is 14.4 Å². The highest BCUT2D eigenvalue weighted by Crippen LogP contribution is 2.12. The van der Waals surface area contributed by atoms with Crippen molar-refractivity contribution in [2.24, 2.45) is 5.92 Å². The second-order valence-electron chi connectivity index (χ2n) is 5.08. The van der Waals surface area contributed by atoms with E-state index in [0.29, 0.717) is 12.5 Å².